The Hall–Kier alpha value is -2.88. The minimum absolute atomic E-state index is 0.144. The number of hydrogen-bond donors (Lipinski definition) is 0. The molecule has 0 saturated heterocycles. The Morgan fingerprint density at radius 2 is 1.64 bits per heavy atom. The lowest BCUT2D eigenvalue weighted by Crippen LogP contribution is -2.23. The molecule has 3 aromatic rings. The van der Waals surface area contributed by atoms with Crippen LogP contribution in [0.15, 0.2) is 60.9 Å². The van der Waals surface area contributed by atoms with E-state index >= 15 is 0 Å². The molecule has 2 heterocycles. The molecule has 22 heavy (non-hydrogen) atoms. The van der Waals surface area contributed by atoms with Crippen LogP contribution in [0.2, 0.25) is 0 Å². The van der Waals surface area contributed by atoms with Gasteiger partial charge in [0.05, 0.1) is 16.6 Å². The molecule has 1 aromatic carbocycles. The number of carbonyl (C=O) groups excluding carboxylic acids is 2. The summed E-state index contributed by atoms with van der Waals surface area (Å²) in [5, 5.41) is 0. The van der Waals surface area contributed by atoms with Crippen LogP contribution in [0.4, 0.5) is 0 Å². The molecule has 4 nitrogen and oxygen atoms in total. The van der Waals surface area contributed by atoms with Gasteiger partial charge in [-0.2, -0.15) is 0 Å². The number of rotatable bonds is 3. The summed E-state index contributed by atoms with van der Waals surface area (Å²) < 4.78 is 1.81. The van der Waals surface area contributed by atoms with Crippen molar-refractivity contribution in [3.05, 3.63) is 77.6 Å². The van der Waals surface area contributed by atoms with Gasteiger partial charge in [-0.25, -0.2) is 0 Å². The zero-order chi connectivity index (χ0) is 15.7. The van der Waals surface area contributed by atoms with Crippen molar-refractivity contribution < 1.29 is 9.59 Å². The second-order valence-electron chi connectivity index (χ2n) is 5.31. The minimum Gasteiger partial charge on any atom is -0.345 e. The third-order valence-electron chi connectivity index (χ3n) is 3.58. The summed E-state index contributed by atoms with van der Waals surface area (Å²) in [4.78, 5) is 26.8. The highest BCUT2D eigenvalue weighted by Gasteiger charge is 2.24. The monoisotopic (exact) mass is 292 g/mol. The number of benzene rings is 1. The predicted octanol–water partition coefficient (Wildman–Crippen LogP) is 2.87. The van der Waals surface area contributed by atoms with E-state index in [9.17, 15) is 9.59 Å². The summed E-state index contributed by atoms with van der Waals surface area (Å²) in [6.07, 6.45) is 3.56. The van der Waals surface area contributed by atoms with Gasteiger partial charge in [0.25, 0.3) is 5.91 Å². The molecule has 0 atom stereocenters. The summed E-state index contributed by atoms with van der Waals surface area (Å²) >= 11 is 0. The van der Waals surface area contributed by atoms with Gasteiger partial charge >= 0.3 is 0 Å². The summed E-state index contributed by atoms with van der Waals surface area (Å²) in [6, 6.07) is 14.6. The van der Waals surface area contributed by atoms with Crippen LogP contribution < -0.4 is 0 Å². The van der Waals surface area contributed by atoms with Crippen LogP contribution in [0.25, 0.3) is 5.52 Å². The zero-order valence-electron chi connectivity index (χ0n) is 12.5. The standard InChI is InChI=1S/C18H16N2O2/c1-19(2)18(22)16-14(12-20-11-7-6-10-15(16)20)17(21)13-8-4-3-5-9-13/h3-12H,1-2H3. The van der Waals surface area contributed by atoms with Crippen molar-refractivity contribution in [3.8, 4) is 0 Å². The topological polar surface area (TPSA) is 41.8 Å². The van der Waals surface area contributed by atoms with E-state index in [4.69, 9.17) is 0 Å². The first-order valence-electron chi connectivity index (χ1n) is 7.00. The van der Waals surface area contributed by atoms with Crippen LogP contribution >= 0.6 is 0 Å². The third kappa shape index (κ3) is 2.29. The van der Waals surface area contributed by atoms with E-state index in [0.717, 1.165) is 5.52 Å². The molecule has 1 amide bonds. The van der Waals surface area contributed by atoms with Crippen LogP contribution in [-0.4, -0.2) is 35.1 Å². The molecule has 0 unspecified atom stereocenters. The maximum atomic E-state index is 12.8. The van der Waals surface area contributed by atoms with Gasteiger partial charge in [0.2, 0.25) is 0 Å². The molecule has 2 aromatic heterocycles. The van der Waals surface area contributed by atoms with Crippen LogP contribution in [0.5, 0.6) is 0 Å². The van der Waals surface area contributed by atoms with E-state index < -0.39 is 0 Å². The SMILES string of the molecule is CN(C)C(=O)c1c(C(=O)c2ccccc2)cn2ccccc12. The van der Waals surface area contributed by atoms with Crippen LogP contribution in [0.1, 0.15) is 26.3 Å². The fourth-order valence-electron chi connectivity index (χ4n) is 2.49. The van der Waals surface area contributed by atoms with Gasteiger partial charge < -0.3 is 9.30 Å². The molecule has 0 aliphatic heterocycles. The number of amides is 1. The molecule has 110 valence electrons. The van der Waals surface area contributed by atoms with E-state index in [1.807, 2.05) is 47.0 Å². The highest BCUT2D eigenvalue weighted by Crippen LogP contribution is 2.23. The van der Waals surface area contributed by atoms with Crippen molar-refractivity contribution in [1.82, 2.24) is 9.30 Å². The lowest BCUT2D eigenvalue weighted by atomic mass is 10.0. The number of hydrogen-bond acceptors (Lipinski definition) is 2. The fraction of sp³-hybridized carbons (Fsp3) is 0.111. The Kier molecular flexibility index (Phi) is 3.51. The molecular weight excluding hydrogens is 276 g/mol. The van der Waals surface area contributed by atoms with Crippen LogP contribution in [0.3, 0.4) is 0 Å². The van der Waals surface area contributed by atoms with E-state index in [1.54, 1.807) is 32.4 Å². The van der Waals surface area contributed by atoms with E-state index in [1.165, 1.54) is 4.90 Å². The first kappa shape index (κ1) is 14.1. The second kappa shape index (κ2) is 5.48. The van der Waals surface area contributed by atoms with Gasteiger partial charge in [0, 0.05) is 32.1 Å². The molecule has 0 aliphatic rings. The maximum absolute atomic E-state index is 12.8. The first-order chi connectivity index (χ1) is 10.6. The Morgan fingerprint density at radius 3 is 2.32 bits per heavy atom. The lowest BCUT2D eigenvalue weighted by Gasteiger charge is -2.11. The average Bonchev–Trinajstić information content (AvgIpc) is 2.93. The Morgan fingerprint density at radius 1 is 0.955 bits per heavy atom. The number of aromatic nitrogens is 1. The number of nitrogens with zero attached hydrogens (tertiary/aromatic N) is 2. The Balaban J connectivity index is 2.23. The first-order valence-corrected chi connectivity index (χ1v) is 7.00. The molecule has 4 heteroatoms. The molecule has 0 aliphatic carbocycles. The third-order valence-corrected chi connectivity index (χ3v) is 3.58. The molecule has 0 spiro atoms. The van der Waals surface area contributed by atoms with Crippen molar-refractivity contribution in [2.24, 2.45) is 0 Å². The Labute approximate surface area is 128 Å². The highest BCUT2D eigenvalue weighted by molar-refractivity contribution is 6.18. The fourth-order valence-corrected chi connectivity index (χ4v) is 2.49. The smallest absolute Gasteiger partial charge is 0.256 e. The molecule has 0 saturated carbocycles. The van der Waals surface area contributed by atoms with Gasteiger partial charge in [-0.3, -0.25) is 9.59 Å². The maximum Gasteiger partial charge on any atom is 0.256 e. The summed E-state index contributed by atoms with van der Waals surface area (Å²) in [5.74, 6) is -0.317. The van der Waals surface area contributed by atoms with Crippen molar-refractivity contribution >= 4 is 17.2 Å². The van der Waals surface area contributed by atoms with E-state index in [-0.39, 0.29) is 11.7 Å². The zero-order valence-corrected chi connectivity index (χ0v) is 12.5. The van der Waals surface area contributed by atoms with Gasteiger partial charge in [-0.1, -0.05) is 36.4 Å². The van der Waals surface area contributed by atoms with E-state index in [0.29, 0.717) is 16.7 Å². The quantitative estimate of drug-likeness (QED) is 0.697. The summed E-state index contributed by atoms with van der Waals surface area (Å²) in [7, 11) is 3.37. The van der Waals surface area contributed by atoms with Crippen molar-refractivity contribution in [2.75, 3.05) is 14.1 Å². The number of fused-ring (bicyclic) bond motifs is 1. The van der Waals surface area contributed by atoms with Crippen molar-refractivity contribution in [1.29, 1.82) is 0 Å². The molecule has 0 bridgehead atoms. The largest absolute Gasteiger partial charge is 0.345 e. The molecule has 0 radical (unpaired) electrons. The molecular formula is C18H16N2O2. The second-order valence-corrected chi connectivity index (χ2v) is 5.31. The normalized spacial score (nSPS) is 10.6. The Bertz CT molecular complexity index is 848. The van der Waals surface area contributed by atoms with Crippen molar-refractivity contribution in [3.63, 3.8) is 0 Å². The van der Waals surface area contributed by atoms with Gasteiger partial charge in [-0.05, 0) is 12.1 Å². The molecule has 0 fully saturated rings. The number of pyridine rings is 1. The molecule has 3 rings (SSSR count). The lowest BCUT2D eigenvalue weighted by molar-refractivity contribution is 0.0824. The van der Waals surface area contributed by atoms with Gasteiger partial charge in [0.15, 0.2) is 5.78 Å². The van der Waals surface area contributed by atoms with Gasteiger partial charge in [-0.15, -0.1) is 0 Å². The van der Waals surface area contributed by atoms with Crippen molar-refractivity contribution in [2.45, 2.75) is 0 Å². The number of ketones is 1. The van der Waals surface area contributed by atoms with E-state index in [2.05, 4.69) is 0 Å². The molecule has 0 N–H and O–H groups in total. The van der Waals surface area contributed by atoms with Crippen LogP contribution in [0, 0.1) is 0 Å². The highest BCUT2D eigenvalue weighted by atomic mass is 16.2. The minimum atomic E-state index is -0.173. The van der Waals surface area contributed by atoms with Gasteiger partial charge in [0.1, 0.15) is 0 Å². The van der Waals surface area contributed by atoms with Crippen LogP contribution in [-0.2, 0) is 0 Å². The number of carbonyl (C=O) groups is 2. The summed E-state index contributed by atoms with van der Waals surface area (Å²) in [6.45, 7) is 0. The summed E-state index contributed by atoms with van der Waals surface area (Å²) in [5.41, 5.74) is 2.18. The predicted molar refractivity (Wildman–Crippen MR) is 85.3 cm³/mol. The average molecular weight is 292 g/mol.